The first-order chi connectivity index (χ1) is 33.4. The topological polar surface area (TPSA) is 363 Å². The minimum atomic E-state index is -2.35. The van der Waals surface area contributed by atoms with Crippen molar-refractivity contribution in [3.05, 3.63) is 29.8 Å². The molecule has 2 aliphatic heterocycles. The summed E-state index contributed by atoms with van der Waals surface area (Å²) in [5.74, 6) is -10.6. The van der Waals surface area contributed by atoms with Crippen LogP contribution in [0.3, 0.4) is 0 Å². The lowest BCUT2D eigenvalue weighted by molar-refractivity contribution is -0.142. The Balaban J connectivity index is 2.05. The van der Waals surface area contributed by atoms with Crippen LogP contribution in [-0.4, -0.2) is 144 Å². The maximum Gasteiger partial charge on any atom is 0.246 e. The number of carbonyl (C=O) groups excluding carboxylic acids is 11. The average Bonchev–Trinajstić information content (AvgIpc) is 3.81. The first-order valence-corrected chi connectivity index (χ1v) is 24.0. The molecule has 1 aromatic carbocycles. The van der Waals surface area contributed by atoms with E-state index in [4.69, 9.17) is 24.7 Å². The Labute approximate surface area is 408 Å². The molecule has 3 rings (SSSR count). The number of amides is 11. The molecule has 1 aromatic rings. The lowest BCUT2D eigenvalue weighted by Crippen LogP contribution is -2.61. The standard InChI is InChI=1S/C45H69N11O12S/c1-6-25(4)38-44(66)51-28(15-16-34(46)57)40(62)52-31(21-35(47)58)41(63)54-32(23-69-18-8-10-37(60)50-30(42(64)55-38)20-26-11-13-27(68-5)14-12-26)45(67)56-17-7-9-33(56)43(65)53-29(19-24(2)3)39(61)49-22-36(48)59/h11-14,24-25,28-33,38H,6-10,15-23H2,1-5H3,(H2,46,57)(H2,47,58)(H2,48,59)(H,49,61)(H,50,60)(H,51,66)(H,52,62)(H,53,65)(H,54,63)(H,55,64)/t25-,28-,29?,30-,31-,32-,33-,38-/m0/s1/i19D2. The second-order valence-corrected chi connectivity index (χ2v) is 18.4. The van der Waals surface area contributed by atoms with E-state index in [0.29, 0.717) is 17.7 Å². The van der Waals surface area contributed by atoms with Crippen LogP contribution in [0.1, 0.15) is 93.7 Å². The number of rotatable bonds is 18. The molecular formula is C45H69N11O12S. The number of nitrogens with zero attached hydrogens (tertiary/aromatic N) is 1. The Morgan fingerprint density at radius 1 is 0.841 bits per heavy atom. The Hall–Kier alpha value is -6.46. The molecule has 0 spiro atoms. The molecule has 2 fully saturated rings. The Bertz CT molecular complexity index is 2120. The molecule has 0 saturated carbocycles. The number of nitrogens with two attached hydrogens (primary N) is 3. The maximum absolute atomic E-state index is 14.5. The first-order valence-electron chi connectivity index (χ1n) is 23.8. The predicted octanol–water partition coefficient (Wildman–Crippen LogP) is -2.50. The number of methoxy groups -OCH3 is 1. The van der Waals surface area contributed by atoms with Crippen LogP contribution >= 0.6 is 11.8 Å². The van der Waals surface area contributed by atoms with Gasteiger partial charge in [-0.3, -0.25) is 52.7 Å². The van der Waals surface area contributed by atoms with Crippen molar-refractivity contribution in [3.8, 4) is 5.75 Å². The van der Waals surface area contributed by atoms with Crippen molar-refractivity contribution in [1.29, 1.82) is 0 Å². The first kappa shape index (κ1) is 53.5. The predicted molar refractivity (Wildman–Crippen MR) is 253 cm³/mol. The van der Waals surface area contributed by atoms with Gasteiger partial charge < -0.3 is 64.1 Å². The number of thioether (sulfide) groups is 1. The van der Waals surface area contributed by atoms with Crippen LogP contribution in [-0.2, 0) is 59.2 Å². The number of nitrogens with one attached hydrogen (secondary N) is 7. The molecule has 0 aromatic heterocycles. The number of hydrogen-bond acceptors (Lipinski definition) is 13. The number of primary amides is 3. The smallest absolute Gasteiger partial charge is 0.246 e. The van der Waals surface area contributed by atoms with Crippen LogP contribution in [0, 0.1) is 11.8 Å². The summed E-state index contributed by atoms with van der Waals surface area (Å²) >= 11 is 1.14. The molecule has 23 nitrogen and oxygen atoms in total. The number of hydrogen-bond donors (Lipinski definition) is 10. The highest BCUT2D eigenvalue weighted by Gasteiger charge is 2.40. The lowest BCUT2D eigenvalue weighted by Gasteiger charge is -2.31. The summed E-state index contributed by atoms with van der Waals surface area (Å²) in [6.45, 7) is 5.74. The van der Waals surface area contributed by atoms with Gasteiger partial charge in [-0.15, -0.1) is 0 Å². The minimum Gasteiger partial charge on any atom is -0.497 e. The number of ether oxygens (including phenoxy) is 1. The normalized spacial score (nSPS) is 23.8. The van der Waals surface area contributed by atoms with Gasteiger partial charge in [-0.05, 0) is 67.3 Å². The van der Waals surface area contributed by atoms with Crippen molar-refractivity contribution in [3.63, 3.8) is 0 Å². The van der Waals surface area contributed by atoms with Gasteiger partial charge in [0.15, 0.2) is 0 Å². The van der Waals surface area contributed by atoms with Gasteiger partial charge in [0.25, 0.3) is 0 Å². The van der Waals surface area contributed by atoms with Crippen LogP contribution in [0.2, 0.25) is 0 Å². The molecule has 2 saturated heterocycles. The third-order valence-electron chi connectivity index (χ3n) is 11.3. The van der Waals surface area contributed by atoms with E-state index < -0.39 is 151 Å². The number of likely N-dealkylation sites (tertiary alicyclic amines) is 1. The second kappa shape index (κ2) is 28.1. The number of benzene rings is 1. The van der Waals surface area contributed by atoms with Crippen molar-refractivity contribution in [2.45, 2.75) is 134 Å². The van der Waals surface area contributed by atoms with Gasteiger partial charge in [0.2, 0.25) is 65.0 Å². The second-order valence-electron chi connectivity index (χ2n) is 17.2. The molecule has 0 bridgehead atoms. The van der Waals surface area contributed by atoms with Gasteiger partial charge >= 0.3 is 0 Å². The largest absolute Gasteiger partial charge is 0.497 e. The Kier molecular flexibility index (Phi) is 21.8. The van der Waals surface area contributed by atoms with Crippen molar-refractivity contribution in [1.82, 2.24) is 42.1 Å². The highest BCUT2D eigenvalue weighted by molar-refractivity contribution is 7.99. The summed E-state index contributed by atoms with van der Waals surface area (Å²) in [7, 11) is 1.49. The van der Waals surface area contributed by atoms with Gasteiger partial charge in [0.05, 0.1) is 20.1 Å². The van der Waals surface area contributed by atoms with Gasteiger partial charge in [-0.2, -0.15) is 11.8 Å². The molecule has 24 heteroatoms. The lowest BCUT2D eigenvalue weighted by atomic mass is 9.96. The summed E-state index contributed by atoms with van der Waals surface area (Å²) in [6.07, 6.45) is -3.17. The zero-order valence-electron chi connectivity index (χ0n) is 41.7. The molecule has 1 unspecified atom stereocenters. The fourth-order valence-electron chi connectivity index (χ4n) is 7.45. The van der Waals surface area contributed by atoms with Crippen LogP contribution in [0.5, 0.6) is 5.75 Å². The summed E-state index contributed by atoms with van der Waals surface area (Å²) in [5.41, 5.74) is 16.7. The molecule has 2 heterocycles. The van der Waals surface area contributed by atoms with Gasteiger partial charge in [0, 0.05) is 34.3 Å². The van der Waals surface area contributed by atoms with E-state index >= 15 is 0 Å². The van der Waals surface area contributed by atoms with E-state index in [1.165, 1.54) is 21.0 Å². The fourth-order valence-corrected chi connectivity index (χ4v) is 8.42. The van der Waals surface area contributed by atoms with E-state index in [2.05, 4.69) is 37.2 Å². The molecule has 2 aliphatic rings. The SMILES string of the molecule is [2H]C([2H])(C(C)C)C(NC(=O)[C@@H]1CCCN1C(=O)[C@@H]1CSCCCC(=O)N[C@@H](Cc2ccc(OC)cc2)C(=O)N[C@@H]([C@@H](C)CC)C(=O)N[C@@H](CCC(N)=O)C(=O)N[C@@H](CC(N)=O)C(=O)N1)C(=O)NCC(N)=O. The van der Waals surface area contributed by atoms with E-state index in [-0.39, 0.29) is 50.2 Å². The highest BCUT2D eigenvalue weighted by atomic mass is 32.2. The summed E-state index contributed by atoms with van der Waals surface area (Å²) in [6, 6.07) is -3.62. The Morgan fingerprint density at radius 3 is 2.10 bits per heavy atom. The zero-order chi connectivity index (χ0) is 53.2. The summed E-state index contributed by atoms with van der Waals surface area (Å²) < 4.78 is 22.5. The average molecular weight is 990 g/mol. The Morgan fingerprint density at radius 2 is 1.49 bits per heavy atom. The van der Waals surface area contributed by atoms with E-state index in [1.807, 2.05) is 0 Å². The quantitative estimate of drug-likeness (QED) is 0.0728. The van der Waals surface area contributed by atoms with Crippen molar-refractivity contribution < 1.29 is 60.2 Å². The molecular weight excluding hydrogens is 919 g/mol. The van der Waals surface area contributed by atoms with Gasteiger partial charge in [-0.25, -0.2) is 0 Å². The van der Waals surface area contributed by atoms with Crippen LogP contribution in [0.15, 0.2) is 24.3 Å². The van der Waals surface area contributed by atoms with Crippen LogP contribution in [0.25, 0.3) is 0 Å². The van der Waals surface area contributed by atoms with E-state index in [9.17, 15) is 52.7 Å². The van der Waals surface area contributed by atoms with Gasteiger partial charge in [0.1, 0.15) is 48.0 Å². The minimum absolute atomic E-state index is 0.00301. The molecule has 69 heavy (non-hydrogen) atoms. The molecule has 8 atom stereocenters. The monoisotopic (exact) mass is 989 g/mol. The number of carbonyl (C=O) groups is 11. The van der Waals surface area contributed by atoms with Crippen LogP contribution < -0.4 is 59.2 Å². The fraction of sp³-hybridized carbons (Fsp3) is 0.622. The van der Waals surface area contributed by atoms with Crippen molar-refractivity contribution in [2.75, 3.05) is 31.7 Å². The summed E-state index contributed by atoms with van der Waals surface area (Å²) in [5, 5.41) is 17.6. The molecule has 0 radical (unpaired) electrons. The molecule has 0 aliphatic carbocycles. The molecule has 13 N–H and O–H groups in total. The zero-order valence-corrected chi connectivity index (χ0v) is 40.5. The summed E-state index contributed by atoms with van der Waals surface area (Å²) in [4.78, 5) is 148. The third kappa shape index (κ3) is 18.9. The van der Waals surface area contributed by atoms with Crippen molar-refractivity contribution in [2.24, 2.45) is 29.0 Å². The molecule has 382 valence electrons. The van der Waals surface area contributed by atoms with E-state index in [1.54, 1.807) is 38.1 Å². The third-order valence-corrected chi connectivity index (χ3v) is 12.5. The highest BCUT2D eigenvalue weighted by Crippen LogP contribution is 2.22. The van der Waals surface area contributed by atoms with Crippen LogP contribution in [0.4, 0.5) is 0 Å². The van der Waals surface area contributed by atoms with Crippen molar-refractivity contribution >= 4 is 76.7 Å². The van der Waals surface area contributed by atoms with Gasteiger partial charge in [-0.1, -0.05) is 46.2 Å². The molecule has 11 amide bonds. The van der Waals surface area contributed by atoms with E-state index in [0.717, 1.165) is 16.7 Å². The maximum atomic E-state index is 14.5.